The Hall–Kier alpha value is -1.48. The van der Waals surface area contributed by atoms with E-state index in [9.17, 15) is 13.2 Å². The van der Waals surface area contributed by atoms with Crippen molar-refractivity contribution in [3.05, 3.63) is 5.89 Å². The van der Waals surface area contributed by atoms with E-state index in [1.54, 1.807) is 0 Å². The third-order valence-corrected chi connectivity index (χ3v) is 3.42. The first-order chi connectivity index (χ1) is 8.22. The lowest BCUT2D eigenvalue weighted by molar-refractivity contribution is -0.115. The van der Waals surface area contributed by atoms with Crippen molar-refractivity contribution in [2.24, 2.45) is 17.4 Å². The molecular formula is C9H16N4O4S. The van der Waals surface area contributed by atoms with Gasteiger partial charge in [0.1, 0.15) is 5.75 Å². The van der Waals surface area contributed by atoms with Gasteiger partial charge in [0.25, 0.3) is 0 Å². The van der Waals surface area contributed by atoms with Gasteiger partial charge in [-0.3, -0.25) is 4.79 Å². The molecule has 8 nitrogen and oxygen atoms in total. The molecule has 0 spiro atoms. The topological polar surface area (TPSA) is 142 Å². The first-order valence-corrected chi connectivity index (χ1v) is 6.97. The summed E-state index contributed by atoms with van der Waals surface area (Å²) >= 11 is 0. The number of carbonyl (C=O) groups excluding carboxylic acids is 1. The molecule has 1 atom stereocenters. The molecule has 1 rings (SSSR count). The van der Waals surface area contributed by atoms with Crippen LogP contribution in [0.2, 0.25) is 0 Å². The standard InChI is InChI=1S/C9H16N4O4S/c1-5(2)3-6(10)8-12-13-9(17-8)18(15,16)4-7(11)14/h5-6H,3-4,10H2,1-2H3,(H2,11,14). The van der Waals surface area contributed by atoms with Gasteiger partial charge in [0, 0.05) is 0 Å². The average molecular weight is 276 g/mol. The molecular weight excluding hydrogens is 260 g/mol. The van der Waals surface area contributed by atoms with Crippen molar-refractivity contribution in [2.75, 3.05) is 5.75 Å². The second-order valence-electron chi connectivity index (χ2n) is 4.37. The fourth-order valence-corrected chi connectivity index (χ4v) is 2.23. The minimum Gasteiger partial charge on any atom is -0.411 e. The molecule has 102 valence electrons. The largest absolute Gasteiger partial charge is 0.411 e. The summed E-state index contributed by atoms with van der Waals surface area (Å²) in [6, 6.07) is -0.532. The average Bonchev–Trinajstić information content (AvgIpc) is 2.62. The van der Waals surface area contributed by atoms with Gasteiger partial charge >= 0.3 is 5.22 Å². The van der Waals surface area contributed by atoms with Gasteiger partial charge in [0.15, 0.2) is 0 Å². The molecule has 0 bridgehead atoms. The highest BCUT2D eigenvalue weighted by Crippen LogP contribution is 2.19. The zero-order chi connectivity index (χ0) is 13.9. The minimum atomic E-state index is -3.97. The van der Waals surface area contributed by atoms with Gasteiger partial charge in [-0.1, -0.05) is 18.9 Å². The van der Waals surface area contributed by atoms with E-state index in [0.717, 1.165) is 0 Å². The number of hydrogen-bond acceptors (Lipinski definition) is 7. The van der Waals surface area contributed by atoms with Gasteiger partial charge in [-0.15, -0.1) is 5.10 Å². The number of aromatic nitrogens is 2. The first-order valence-electron chi connectivity index (χ1n) is 5.32. The second-order valence-corrected chi connectivity index (χ2v) is 6.24. The third kappa shape index (κ3) is 3.77. The van der Waals surface area contributed by atoms with Crippen LogP contribution in [0.5, 0.6) is 0 Å². The van der Waals surface area contributed by atoms with E-state index >= 15 is 0 Å². The number of sulfone groups is 1. The van der Waals surface area contributed by atoms with E-state index in [-0.39, 0.29) is 5.89 Å². The molecule has 18 heavy (non-hydrogen) atoms. The van der Waals surface area contributed by atoms with Gasteiger partial charge < -0.3 is 15.9 Å². The summed E-state index contributed by atoms with van der Waals surface area (Å²) < 4.78 is 28.1. The monoisotopic (exact) mass is 276 g/mol. The molecule has 0 aliphatic rings. The summed E-state index contributed by atoms with van der Waals surface area (Å²) in [5.74, 6) is -1.51. The summed E-state index contributed by atoms with van der Waals surface area (Å²) in [5, 5.41) is 6.32. The van der Waals surface area contributed by atoms with Crippen LogP contribution in [0.15, 0.2) is 9.64 Å². The summed E-state index contributed by atoms with van der Waals surface area (Å²) in [6.07, 6.45) is 0.581. The Bertz CT molecular complexity index is 522. The van der Waals surface area contributed by atoms with E-state index in [0.29, 0.717) is 12.3 Å². The number of nitrogens with zero attached hydrogens (tertiary/aromatic N) is 2. The van der Waals surface area contributed by atoms with E-state index in [1.165, 1.54) is 0 Å². The van der Waals surface area contributed by atoms with Crippen LogP contribution in [0.3, 0.4) is 0 Å². The molecule has 0 saturated heterocycles. The number of nitrogens with two attached hydrogens (primary N) is 2. The van der Waals surface area contributed by atoms with Crippen LogP contribution in [0.1, 0.15) is 32.2 Å². The molecule has 0 aliphatic heterocycles. The zero-order valence-corrected chi connectivity index (χ0v) is 11.0. The molecule has 0 fully saturated rings. The molecule has 1 amide bonds. The zero-order valence-electron chi connectivity index (χ0n) is 10.2. The first kappa shape index (κ1) is 14.6. The van der Waals surface area contributed by atoms with E-state index in [4.69, 9.17) is 15.9 Å². The predicted molar refractivity (Wildman–Crippen MR) is 61.9 cm³/mol. The van der Waals surface area contributed by atoms with Crippen molar-refractivity contribution >= 4 is 15.7 Å². The van der Waals surface area contributed by atoms with Gasteiger partial charge in [-0.25, -0.2) is 8.42 Å². The predicted octanol–water partition coefficient (Wildman–Crippen LogP) is -0.625. The van der Waals surface area contributed by atoms with Crippen LogP contribution in [0.4, 0.5) is 0 Å². The Morgan fingerprint density at radius 2 is 2.00 bits per heavy atom. The van der Waals surface area contributed by atoms with Crippen molar-refractivity contribution in [2.45, 2.75) is 31.5 Å². The highest BCUT2D eigenvalue weighted by atomic mass is 32.2. The van der Waals surface area contributed by atoms with Crippen molar-refractivity contribution in [1.82, 2.24) is 10.2 Å². The third-order valence-electron chi connectivity index (χ3n) is 2.06. The van der Waals surface area contributed by atoms with E-state index in [2.05, 4.69) is 10.2 Å². The number of hydrogen-bond donors (Lipinski definition) is 2. The lowest BCUT2D eigenvalue weighted by Gasteiger charge is -2.08. The lowest BCUT2D eigenvalue weighted by atomic mass is 10.1. The second kappa shape index (κ2) is 5.44. The van der Waals surface area contributed by atoms with Crippen LogP contribution in [-0.4, -0.2) is 30.3 Å². The van der Waals surface area contributed by atoms with Crippen LogP contribution < -0.4 is 11.5 Å². The van der Waals surface area contributed by atoms with E-state index < -0.39 is 32.8 Å². The van der Waals surface area contributed by atoms with Gasteiger partial charge in [0.2, 0.25) is 21.6 Å². The van der Waals surface area contributed by atoms with Crippen molar-refractivity contribution in [1.29, 1.82) is 0 Å². The molecule has 1 heterocycles. The molecule has 1 aromatic rings. The molecule has 0 radical (unpaired) electrons. The quantitative estimate of drug-likeness (QED) is 0.704. The summed E-state index contributed by atoms with van der Waals surface area (Å²) in [7, 11) is -3.97. The number of carbonyl (C=O) groups is 1. The van der Waals surface area contributed by atoms with Crippen LogP contribution in [0, 0.1) is 5.92 Å². The number of primary amides is 1. The highest BCUT2D eigenvalue weighted by molar-refractivity contribution is 7.91. The summed E-state index contributed by atoms with van der Waals surface area (Å²) in [6.45, 7) is 3.92. The normalized spacial score (nSPS) is 13.8. The Labute approximate surface area is 105 Å². The minimum absolute atomic E-state index is 0.0340. The van der Waals surface area contributed by atoms with Gasteiger partial charge in [0.05, 0.1) is 6.04 Å². The molecule has 1 unspecified atom stereocenters. The van der Waals surface area contributed by atoms with Crippen LogP contribution in [-0.2, 0) is 14.6 Å². The Morgan fingerprint density at radius 3 is 2.50 bits per heavy atom. The SMILES string of the molecule is CC(C)CC(N)c1nnc(S(=O)(=O)CC(N)=O)o1. The molecule has 9 heteroatoms. The van der Waals surface area contributed by atoms with Crippen molar-refractivity contribution in [3.8, 4) is 0 Å². The Morgan fingerprint density at radius 1 is 1.39 bits per heavy atom. The summed E-state index contributed by atoms with van der Waals surface area (Å²) in [5.41, 5.74) is 10.6. The van der Waals surface area contributed by atoms with Crippen LogP contribution in [0.25, 0.3) is 0 Å². The van der Waals surface area contributed by atoms with Crippen LogP contribution >= 0.6 is 0 Å². The Balaban J connectivity index is 2.89. The van der Waals surface area contributed by atoms with E-state index in [1.807, 2.05) is 13.8 Å². The fourth-order valence-electron chi connectivity index (χ4n) is 1.35. The fraction of sp³-hybridized carbons (Fsp3) is 0.667. The summed E-state index contributed by atoms with van der Waals surface area (Å²) in [4.78, 5) is 10.6. The highest BCUT2D eigenvalue weighted by Gasteiger charge is 2.26. The maximum Gasteiger partial charge on any atom is 0.336 e. The van der Waals surface area contributed by atoms with Gasteiger partial charge in [-0.2, -0.15) is 0 Å². The lowest BCUT2D eigenvalue weighted by Crippen LogP contribution is -2.23. The maximum absolute atomic E-state index is 11.6. The number of rotatable bonds is 6. The molecule has 0 aromatic carbocycles. The number of amides is 1. The molecule has 0 saturated carbocycles. The maximum atomic E-state index is 11.6. The molecule has 1 aromatic heterocycles. The molecule has 0 aliphatic carbocycles. The van der Waals surface area contributed by atoms with Crippen molar-refractivity contribution < 1.29 is 17.6 Å². The molecule has 4 N–H and O–H groups in total. The van der Waals surface area contributed by atoms with Gasteiger partial charge in [-0.05, 0) is 12.3 Å². The Kier molecular flexibility index (Phi) is 4.41. The van der Waals surface area contributed by atoms with Crippen molar-refractivity contribution in [3.63, 3.8) is 0 Å². The smallest absolute Gasteiger partial charge is 0.336 e.